The molecule has 5 nitrogen and oxygen atoms in total. The van der Waals surface area contributed by atoms with Gasteiger partial charge in [-0.2, -0.15) is 0 Å². The average Bonchev–Trinajstić information content (AvgIpc) is 2.84. The largest absolute Gasteiger partial charge is 0.340 e. The molecule has 0 aromatic carbocycles. The molecular formula is C15H25N3O2. The highest BCUT2D eigenvalue weighted by Crippen LogP contribution is 2.32. The minimum Gasteiger partial charge on any atom is -0.340 e. The molecule has 5 heteroatoms. The van der Waals surface area contributed by atoms with E-state index < -0.39 is 5.54 Å². The van der Waals surface area contributed by atoms with Crippen molar-refractivity contribution in [3.05, 3.63) is 0 Å². The molecule has 3 atom stereocenters. The zero-order valence-corrected chi connectivity index (χ0v) is 12.7. The number of hydrogen-bond donors (Lipinski definition) is 1. The van der Waals surface area contributed by atoms with Crippen molar-refractivity contribution >= 4 is 11.8 Å². The first-order valence-electron chi connectivity index (χ1n) is 7.79. The van der Waals surface area contributed by atoms with Gasteiger partial charge in [-0.1, -0.05) is 0 Å². The number of piperidine rings is 1. The maximum Gasteiger partial charge on any atom is 0.248 e. The van der Waals surface area contributed by atoms with E-state index in [9.17, 15) is 9.59 Å². The van der Waals surface area contributed by atoms with E-state index in [0.717, 1.165) is 19.4 Å². The fourth-order valence-corrected chi connectivity index (χ4v) is 4.03. The molecule has 0 aromatic rings. The van der Waals surface area contributed by atoms with Gasteiger partial charge < -0.3 is 15.1 Å². The molecular weight excluding hydrogens is 254 g/mol. The number of rotatable bonds is 1. The maximum absolute atomic E-state index is 12.7. The minimum absolute atomic E-state index is 0.0246. The molecule has 1 N–H and O–H groups in total. The molecule has 3 rings (SSSR count). The topological polar surface area (TPSA) is 52.7 Å². The number of fused-ring (bicyclic) bond motifs is 1. The highest BCUT2D eigenvalue weighted by molar-refractivity contribution is 5.99. The second-order valence-electron chi connectivity index (χ2n) is 7.01. The summed E-state index contributed by atoms with van der Waals surface area (Å²) in [7, 11) is 0. The lowest BCUT2D eigenvalue weighted by molar-refractivity contribution is -0.157. The van der Waals surface area contributed by atoms with Gasteiger partial charge in [-0.3, -0.25) is 9.59 Å². The molecule has 0 spiro atoms. The van der Waals surface area contributed by atoms with Gasteiger partial charge in [-0.15, -0.1) is 0 Å². The lowest BCUT2D eigenvalue weighted by atomic mass is 9.90. The Morgan fingerprint density at radius 1 is 1.15 bits per heavy atom. The van der Waals surface area contributed by atoms with Crippen molar-refractivity contribution in [3.8, 4) is 0 Å². The normalized spacial score (nSPS) is 37.8. The fourth-order valence-electron chi connectivity index (χ4n) is 4.03. The van der Waals surface area contributed by atoms with Crippen molar-refractivity contribution in [2.75, 3.05) is 13.1 Å². The van der Waals surface area contributed by atoms with Gasteiger partial charge in [0.1, 0.15) is 11.6 Å². The first-order valence-corrected chi connectivity index (χ1v) is 7.79. The molecule has 112 valence electrons. The highest BCUT2D eigenvalue weighted by atomic mass is 16.2. The van der Waals surface area contributed by atoms with Gasteiger partial charge in [-0.25, -0.2) is 0 Å². The lowest BCUT2D eigenvalue weighted by Crippen LogP contribution is -2.70. The Hall–Kier alpha value is -1.10. The molecule has 0 radical (unpaired) electrons. The molecule has 0 saturated carbocycles. The lowest BCUT2D eigenvalue weighted by Gasteiger charge is -2.48. The van der Waals surface area contributed by atoms with Crippen LogP contribution in [0, 0.1) is 0 Å². The molecule has 0 bridgehead atoms. The Balaban J connectivity index is 1.80. The molecule has 3 unspecified atom stereocenters. The van der Waals surface area contributed by atoms with Gasteiger partial charge in [-0.05, 0) is 53.0 Å². The van der Waals surface area contributed by atoms with Gasteiger partial charge in [0.2, 0.25) is 11.8 Å². The van der Waals surface area contributed by atoms with Crippen molar-refractivity contribution in [1.29, 1.82) is 0 Å². The van der Waals surface area contributed by atoms with Crippen LogP contribution in [0.25, 0.3) is 0 Å². The number of carbonyl (C=O) groups is 2. The van der Waals surface area contributed by atoms with E-state index in [-0.39, 0.29) is 23.9 Å². The summed E-state index contributed by atoms with van der Waals surface area (Å²) in [5.74, 6) is 0.0458. The Morgan fingerprint density at radius 3 is 2.65 bits per heavy atom. The Labute approximate surface area is 120 Å². The van der Waals surface area contributed by atoms with E-state index >= 15 is 0 Å². The second kappa shape index (κ2) is 4.72. The van der Waals surface area contributed by atoms with Crippen LogP contribution in [0.2, 0.25) is 0 Å². The van der Waals surface area contributed by atoms with Gasteiger partial charge in [0.15, 0.2) is 0 Å². The van der Waals surface area contributed by atoms with Crippen molar-refractivity contribution in [2.45, 2.75) is 70.1 Å². The maximum atomic E-state index is 12.7. The van der Waals surface area contributed by atoms with Crippen LogP contribution in [0.15, 0.2) is 0 Å². The third kappa shape index (κ3) is 2.12. The van der Waals surface area contributed by atoms with E-state index in [2.05, 4.69) is 10.2 Å². The number of nitrogens with one attached hydrogen (secondary N) is 1. The SMILES string of the molecule is CC1C(=O)NC(C)(C)C(=O)N1C1CCN2CCCC2C1. The van der Waals surface area contributed by atoms with Crippen LogP contribution >= 0.6 is 0 Å². The van der Waals surface area contributed by atoms with Crippen LogP contribution in [-0.2, 0) is 9.59 Å². The fraction of sp³-hybridized carbons (Fsp3) is 0.867. The Kier molecular flexibility index (Phi) is 3.27. The molecule has 3 fully saturated rings. The molecule has 3 aliphatic heterocycles. The predicted molar refractivity (Wildman–Crippen MR) is 76.1 cm³/mol. The van der Waals surface area contributed by atoms with Gasteiger partial charge >= 0.3 is 0 Å². The van der Waals surface area contributed by atoms with Gasteiger partial charge in [0.05, 0.1) is 0 Å². The summed E-state index contributed by atoms with van der Waals surface area (Å²) in [4.78, 5) is 29.2. The number of amides is 2. The zero-order valence-electron chi connectivity index (χ0n) is 12.7. The third-order valence-corrected chi connectivity index (χ3v) is 5.19. The molecule has 2 amide bonds. The summed E-state index contributed by atoms with van der Waals surface area (Å²) < 4.78 is 0. The van der Waals surface area contributed by atoms with E-state index in [1.165, 1.54) is 19.4 Å². The van der Waals surface area contributed by atoms with Crippen LogP contribution in [0.5, 0.6) is 0 Å². The molecule has 0 aromatic heterocycles. The van der Waals surface area contributed by atoms with Crippen LogP contribution < -0.4 is 5.32 Å². The minimum atomic E-state index is -0.767. The smallest absolute Gasteiger partial charge is 0.248 e. The van der Waals surface area contributed by atoms with Gasteiger partial charge in [0.25, 0.3) is 0 Å². The van der Waals surface area contributed by atoms with Gasteiger partial charge in [0, 0.05) is 18.6 Å². The van der Waals surface area contributed by atoms with E-state index in [0.29, 0.717) is 6.04 Å². The molecule has 3 heterocycles. The quantitative estimate of drug-likeness (QED) is 0.770. The molecule has 3 saturated heterocycles. The average molecular weight is 279 g/mol. The molecule has 0 aliphatic carbocycles. The van der Waals surface area contributed by atoms with Crippen molar-refractivity contribution in [3.63, 3.8) is 0 Å². The van der Waals surface area contributed by atoms with Crippen molar-refractivity contribution in [2.24, 2.45) is 0 Å². The van der Waals surface area contributed by atoms with Crippen LogP contribution in [0.4, 0.5) is 0 Å². The third-order valence-electron chi connectivity index (χ3n) is 5.19. The number of hydrogen-bond acceptors (Lipinski definition) is 3. The van der Waals surface area contributed by atoms with E-state index in [1.807, 2.05) is 11.8 Å². The van der Waals surface area contributed by atoms with Crippen molar-refractivity contribution < 1.29 is 9.59 Å². The summed E-state index contributed by atoms with van der Waals surface area (Å²) in [6, 6.07) is 0.498. The monoisotopic (exact) mass is 279 g/mol. The molecule has 20 heavy (non-hydrogen) atoms. The van der Waals surface area contributed by atoms with E-state index in [1.54, 1.807) is 13.8 Å². The summed E-state index contributed by atoms with van der Waals surface area (Å²) >= 11 is 0. The summed E-state index contributed by atoms with van der Waals surface area (Å²) in [6.07, 6.45) is 4.53. The summed E-state index contributed by atoms with van der Waals surface area (Å²) in [5.41, 5.74) is -0.767. The predicted octanol–water partition coefficient (Wildman–Crippen LogP) is 0.739. The first kappa shape index (κ1) is 13.9. The Morgan fingerprint density at radius 2 is 1.90 bits per heavy atom. The van der Waals surface area contributed by atoms with Crippen LogP contribution in [0.1, 0.15) is 46.5 Å². The molecule has 3 aliphatic rings. The second-order valence-corrected chi connectivity index (χ2v) is 7.01. The van der Waals surface area contributed by atoms with Crippen LogP contribution in [-0.4, -0.2) is 58.4 Å². The standard InChI is InChI=1S/C15H25N3O2/c1-10-13(19)16-15(2,3)14(20)18(10)12-6-8-17-7-4-5-11(17)9-12/h10-12H,4-9H2,1-3H3,(H,16,19). The summed E-state index contributed by atoms with van der Waals surface area (Å²) in [5, 5.41) is 2.83. The first-order chi connectivity index (χ1) is 9.40. The van der Waals surface area contributed by atoms with Crippen molar-refractivity contribution in [1.82, 2.24) is 15.1 Å². The zero-order chi connectivity index (χ0) is 14.5. The number of piperazine rings is 1. The van der Waals surface area contributed by atoms with E-state index in [4.69, 9.17) is 0 Å². The number of carbonyl (C=O) groups excluding carboxylic acids is 2. The Bertz CT molecular complexity index is 435. The summed E-state index contributed by atoms with van der Waals surface area (Å²) in [6.45, 7) is 7.72. The number of nitrogens with zero attached hydrogens (tertiary/aromatic N) is 2. The van der Waals surface area contributed by atoms with Crippen LogP contribution in [0.3, 0.4) is 0 Å². The highest BCUT2D eigenvalue weighted by Gasteiger charge is 2.47.